The highest BCUT2D eigenvalue weighted by atomic mass is 35.5. The zero-order chi connectivity index (χ0) is 13.2. The molecule has 90 valence electrons. The molecule has 0 aliphatic carbocycles. The van der Waals surface area contributed by atoms with Gasteiger partial charge in [0.05, 0.1) is 16.3 Å². The molecule has 17 heavy (non-hydrogen) atoms. The van der Waals surface area contributed by atoms with Crippen molar-refractivity contribution in [2.24, 2.45) is 0 Å². The molecule has 1 N–H and O–H groups in total. The third-order valence-corrected chi connectivity index (χ3v) is 2.23. The number of aliphatic carboxylic acids is 1. The van der Waals surface area contributed by atoms with E-state index < -0.39 is 38.6 Å². The van der Waals surface area contributed by atoms with Crippen molar-refractivity contribution in [3.05, 3.63) is 42.9 Å². The fraction of sp³-hybridized carbons (Fsp3) is 0.125. The molecule has 0 unspecified atom stereocenters. The highest BCUT2D eigenvalue weighted by Gasteiger charge is 2.25. The smallest absolute Gasteiger partial charge is 0.307 e. The number of carbonyl (C=O) groups is 1. The molecule has 0 saturated carbocycles. The Morgan fingerprint density at radius 1 is 1.24 bits per heavy atom. The second-order valence-electron chi connectivity index (χ2n) is 3.03. The summed E-state index contributed by atoms with van der Waals surface area (Å²) in [6.45, 7) is 0. The van der Waals surface area contributed by atoms with Crippen molar-refractivity contribution in [3.63, 3.8) is 0 Å². The van der Waals surface area contributed by atoms with E-state index >= 15 is 0 Å². The summed E-state index contributed by atoms with van der Waals surface area (Å²) in [6, 6.07) is 1.81. The summed E-state index contributed by atoms with van der Waals surface area (Å²) in [5.74, 6) is -1.25. The first-order valence-corrected chi connectivity index (χ1v) is 4.53. The normalized spacial score (nSPS) is 9.94. The zero-order valence-corrected chi connectivity index (χ0v) is 8.88. The molecule has 0 atom stereocenters. The number of benzene rings is 1. The molecule has 0 aromatic heterocycles. The SMILES string of the molecule is O=C(O)Cc1cc([N+](=O)[O-])c(Cl)c([N+](=O)[O-])c1. The van der Waals surface area contributed by atoms with Gasteiger partial charge in [0.1, 0.15) is 0 Å². The maximum atomic E-state index is 10.6. The molecule has 0 heterocycles. The standard InChI is InChI=1S/C8H5ClN2O6/c9-8-5(10(14)15)1-4(3-7(12)13)2-6(8)11(16)17/h1-2H,3H2,(H,12,13). The maximum absolute atomic E-state index is 10.6. The molecule has 0 fully saturated rings. The van der Waals surface area contributed by atoms with Crippen LogP contribution in [0, 0.1) is 20.2 Å². The first kappa shape index (κ1) is 12.8. The molecule has 0 spiro atoms. The molecule has 9 heteroatoms. The number of nitrogens with zero attached hydrogens (tertiary/aromatic N) is 2. The quantitative estimate of drug-likeness (QED) is 0.650. The molecular formula is C8H5ClN2O6. The predicted octanol–water partition coefficient (Wildman–Crippen LogP) is 1.78. The first-order chi connectivity index (χ1) is 7.82. The Hall–Kier alpha value is -2.22. The first-order valence-electron chi connectivity index (χ1n) is 4.16. The summed E-state index contributed by atoms with van der Waals surface area (Å²) >= 11 is 5.48. The fourth-order valence-electron chi connectivity index (χ4n) is 1.19. The zero-order valence-electron chi connectivity index (χ0n) is 8.12. The largest absolute Gasteiger partial charge is 0.481 e. The van der Waals surface area contributed by atoms with E-state index in [0.717, 1.165) is 12.1 Å². The van der Waals surface area contributed by atoms with Crippen LogP contribution in [0.2, 0.25) is 5.02 Å². The van der Waals surface area contributed by atoms with E-state index in [0.29, 0.717) is 0 Å². The summed E-state index contributed by atoms with van der Waals surface area (Å²) in [5.41, 5.74) is -1.42. The van der Waals surface area contributed by atoms with Crippen molar-refractivity contribution in [1.29, 1.82) is 0 Å². The minimum atomic E-state index is -1.25. The van der Waals surface area contributed by atoms with E-state index in [-0.39, 0.29) is 5.56 Å². The molecule has 0 aliphatic rings. The van der Waals surface area contributed by atoms with Crippen molar-refractivity contribution >= 4 is 28.9 Å². The number of hydrogen-bond acceptors (Lipinski definition) is 5. The number of hydrogen-bond donors (Lipinski definition) is 1. The van der Waals surface area contributed by atoms with Crippen LogP contribution in [-0.4, -0.2) is 20.9 Å². The van der Waals surface area contributed by atoms with Gasteiger partial charge in [0.15, 0.2) is 5.02 Å². The van der Waals surface area contributed by atoms with Crippen LogP contribution in [0.1, 0.15) is 5.56 Å². The molecule has 0 saturated heterocycles. The monoisotopic (exact) mass is 260 g/mol. The summed E-state index contributed by atoms with van der Waals surface area (Å²) < 4.78 is 0. The third kappa shape index (κ3) is 2.88. The predicted molar refractivity (Wildman–Crippen MR) is 56.1 cm³/mol. The van der Waals surface area contributed by atoms with Crippen LogP contribution in [0.5, 0.6) is 0 Å². The maximum Gasteiger partial charge on any atom is 0.307 e. The molecule has 1 aromatic carbocycles. The second-order valence-corrected chi connectivity index (χ2v) is 3.41. The number of rotatable bonds is 4. The van der Waals surface area contributed by atoms with Gasteiger partial charge in [0.25, 0.3) is 11.4 Å². The molecular weight excluding hydrogens is 256 g/mol. The molecule has 8 nitrogen and oxygen atoms in total. The summed E-state index contributed by atoms with van der Waals surface area (Å²) in [4.78, 5) is 29.8. The van der Waals surface area contributed by atoms with Gasteiger partial charge in [-0.3, -0.25) is 25.0 Å². The van der Waals surface area contributed by atoms with E-state index in [1.165, 1.54) is 0 Å². The van der Waals surface area contributed by atoms with Crippen molar-refractivity contribution in [1.82, 2.24) is 0 Å². The van der Waals surface area contributed by atoms with Gasteiger partial charge in [-0.15, -0.1) is 0 Å². The van der Waals surface area contributed by atoms with Gasteiger partial charge in [-0.25, -0.2) is 0 Å². The van der Waals surface area contributed by atoms with E-state index in [9.17, 15) is 25.0 Å². The summed E-state index contributed by atoms with van der Waals surface area (Å²) in [5, 5.41) is 29.1. The van der Waals surface area contributed by atoms with E-state index in [1.54, 1.807) is 0 Å². The van der Waals surface area contributed by atoms with Gasteiger partial charge in [-0.1, -0.05) is 11.6 Å². The van der Waals surface area contributed by atoms with Crippen LogP contribution in [0.4, 0.5) is 11.4 Å². The minimum Gasteiger partial charge on any atom is -0.481 e. The van der Waals surface area contributed by atoms with Crippen LogP contribution in [0.3, 0.4) is 0 Å². The number of carboxylic acid groups (broad SMARTS) is 1. The van der Waals surface area contributed by atoms with Crippen LogP contribution in [0.15, 0.2) is 12.1 Å². The molecule has 1 rings (SSSR count). The van der Waals surface area contributed by atoms with Crippen molar-refractivity contribution in [3.8, 4) is 0 Å². The third-order valence-electron chi connectivity index (χ3n) is 1.84. The van der Waals surface area contributed by atoms with E-state index in [2.05, 4.69) is 0 Å². The molecule has 0 aliphatic heterocycles. The highest BCUT2D eigenvalue weighted by Crippen LogP contribution is 2.34. The Morgan fingerprint density at radius 2 is 1.65 bits per heavy atom. The Bertz CT molecular complexity index is 480. The lowest BCUT2D eigenvalue weighted by Crippen LogP contribution is -2.03. The average Bonchev–Trinajstić information content (AvgIpc) is 2.18. The van der Waals surface area contributed by atoms with Crippen molar-refractivity contribution in [2.75, 3.05) is 0 Å². The van der Waals surface area contributed by atoms with Gasteiger partial charge >= 0.3 is 5.97 Å². The van der Waals surface area contributed by atoms with Gasteiger partial charge in [0, 0.05) is 12.1 Å². The molecule has 0 bridgehead atoms. The van der Waals surface area contributed by atoms with E-state index in [4.69, 9.17) is 16.7 Å². The average molecular weight is 261 g/mol. The van der Waals surface area contributed by atoms with Crippen LogP contribution in [-0.2, 0) is 11.2 Å². The highest BCUT2D eigenvalue weighted by molar-refractivity contribution is 6.34. The topological polar surface area (TPSA) is 124 Å². The summed E-state index contributed by atoms with van der Waals surface area (Å²) in [7, 11) is 0. The number of carboxylic acids is 1. The Labute approximate surface area is 98.7 Å². The number of nitro groups is 2. The number of halogens is 1. The van der Waals surface area contributed by atoms with Gasteiger partial charge in [0.2, 0.25) is 0 Å². The molecule has 1 aromatic rings. The lowest BCUT2D eigenvalue weighted by atomic mass is 10.1. The Kier molecular flexibility index (Phi) is 3.59. The van der Waals surface area contributed by atoms with Crippen LogP contribution in [0.25, 0.3) is 0 Å². The summed E-state index contributed by atoms with van der Waals surface area (Å²) in [6.07, 6.45) is -0.557. The van der Waals surface area contributed by atoms with Gasteiger partial charge in [-0.05, 0) is 5.56 Å². The lowest BCUT2D eigenvalue weighted by Gasteiger charge is -2.01. The molecule has 0 amide bonds. The van der Waals surface area contributed by atoms with Crippen LogP contribution < -0.4 is 0 Å². The molecule has 0 radical (unpaired) electrons. The Morgan fingerprint density at radius 3 is 1.94 bits per heavy atom. The van der Waals surface area contributed by atoms with Crippen molar-refractivity contribution in [2.45, 2.75) is 6.42 Å². The lowest BCUT2D eigenvalue weighted by molar-refractivity contribution is -0.394. The van der Waals surface area contributed by atoms with Crippen LogP contribution >= 0.6 is 11.6 Å². The fourth-order valence-corrected chi connectivity index (χ4v) is 1.44. The van der Waals surface area contributed by atoms with Crippen molar-refractivity contribution < 1.29 is 19.7 Å². The second kappa shape index (κ2) is 4.74. The van der Waals surface area contributed by atoms with Gasteiger partial charge < -0.3 is 5.11 Å². The van der Waals surface area contributed by atoms with E-state index in [1.807, 2.05) is 0 Å². The number of nitro benzene ring substituents is 2. The van der Waals surface area contributed by atoms with Gasteiger partial charge in [-0.2, -0.15) is 0 Å². The Balaban J connectivity index is 3.41. The minimum absolute atomic E-state index is 0.0553.